The van der Waals surface area contributed by atoms with E-state index in [9.17, 15) is 9.18 Å². The number of carbonyl (C=O) groups is 1. The molecule has 0 spiro atoms. The van der Waals surface area contributed by atoms with E-state index in [-0.39, 0.29) is 24.9 Å². The summed E-state index contributed by atoms with van der Waals surface area (Å²) in [4.78, 5) is 11.8. The van der Waals surface area contributed by atoms with Gasteiger partial charge in [-0.15, -0.1) is 12.4 Å². The molecule has 3 N–H and O–H groups in total. The number of hydrogen-bond donors (Lipinski definition) is 2. The van der Waals surface area contributed by atoms with Crippen LogP contribution in [0.1, 0.15) is 6.42 Å². The van der Waals surface area contributed by atoms with Crippen molar-refractivity contribution in [2.24, 2.45) is 5.73 Å². The maximum absolute atomic E-state index is 12.0. The highest BCUT2D eigenvalue weighted by Gasteiger charge is 2.13. The summed E-state index contributed by atoms with van der Waals surface area (Å²) < 4.78 is 17.1. The normalized spacial score (nSPS) is 11.3. The average Bonchev–Trinajstić information content (AvgIpc) is 2.42. The third-order valence-corrected chi connectivity index (χ3v) is 3.06. The van der Waals surface area contributed by atoms with E-state index in [0.717, 1.165) is 5.75 Å². The van der Waals surface area contributed by atoms with Gasteiger partial charge in [-0.1, -0.05) is 6.07 Å². The number of nitrogens with one attached hydrogen (secondary N) is 1. The Bertz CT molecular complexity index is 410. The van der Waals surface area contributed by atoms with E-state index < -0.39 is 12.7 Å². The molecule has 1 aromatic carbocycles. The lowest BCUT2D eigenvalue weighted by molar-refractivity contribution is -0.117. The number of nitrogens with two attached hydrogens (primary N) is 1. The van der Waals surface area contributed by atoms with Gasteiger partial charge in [0.1, 0.15) is 19.0 Å². The quantitative estimate of drug-likeness (QED) is 0.771. The van der Waals surface area contributed by atoms with E-state index in [0.29, 0.717) is 17.9 Å². The second kappa shape index (κ2) is 10.8. The second-order valence-corrected chi connectivity index (χ2v) is 4.93. The number of alkyl halides is 1. The fraction of sp³-hybridized carbons (Fsp3) is 0.462. The minimum atomic E-state index is -0.545. The first-order valence-corrected chi connectivity index (χ1v) is 7.41. The summed E-state index contributed by atoms with van der Waals surface area (Å²) in [6.45, 7) is -0.541. The highest BCUT2D eigenvalue weighted by atomic mass is 35.5. The molecule has 1 aromatic rings. The molecule has 0 radical (unpaired) electrons. The van der Waals surface area contributed by atoms with Crippen LogP contribution in [0.4, 0.5) is 10.1 Å². The molecular formula is C13H20ClFN2O2S. The van der Waals surface area contributed by atoms with Crippen molar-refractivity contribution in [2.45, 2.75) is 12.5 Å². The Balaban J connectivity index is 0.00000361. The molecule has 0 unspecified atom stereocenters. The Morgan fingerprint density at radius 2 is 2.30 bits per heavy atom. The monoisotopic (exact) mass is 322 g/mol. The largest absolute Gasteiger partial charge is 0.491 e. The molecule has 1 rings (SSSR count). The van der Waals surface area contributed by atoms with Crippen molar-refractivity contribution in [1.29, 1.82) is 0 Å². The van der Waals surface area contributed by atoms with Crippen LogP contribution in [0, 0.1) is 0 Å². The standard InChI is InChI=1S/C13H19FN2O2S.ClH/c1-19-8-5-12(15)13(17)16-10-3-2-4-11(9-10)18-7-6-14;/h2-4,9,12H,5-8,15H2,1H3,(H,16,17);1H/t12-;/m0./s1. The minimum Gasteiger partial charge on any atom is -0.491 e. The Hall–Kier alpha value is -0.980. The summed E-state index contributed by atoms with van der Waals surface area (Å²) >= 11 is 1.65. The molecule has 1 atom stereocenters. The molecule has 0 saturated heterocycles. The molecule has 4 nitrogen and oxygen atoms in total. The van der Waals surface area contributed by atoms with E-state index in [4.69, 9.17) is 10.5 Å². The fourth-order valence-electron chi connectivity index (χ4n) is 1.43. The highest BCUT2D eigenvalue weighted by Crippen LogP contribution is 2.17. The van der Waals surface area contributed by atoms with Gasteiger partial charge >= 0.3 is 0 Å². The maximum atomic E-state index is 12.0. The van der Waals surface area contributed by atoms with Gasteiger partial charge in [0, 0.05) is 11.8 Å². The molecule has 0 aromatic heterocycles. The summed E-state index contributed by atoms with van der Waals surface area (Å²) in [5.74, 6) is 1.14. The summed E-state index contributed by atoms with van der Waals surface area (Å²) in [6, 6.07) is 6.30. The lowest BCUT2D eigenvalue weighted by Gasteiger charge is -2.12. The predicted octanol–water partition coefficient (Wildman–Crippen LogP) is 2.48. The zero-order chi connectivity index (χ0) is 14.1. The molecular weight excluding hydrogens is 303 g/mol. The molecule has 0 aliphatic rings. The van der Waals surface area contributed by atoms with E-state index in [1.807, 2.05) is 6.26 Å². The van der Waals surface area contributed by atoms with Crippen molar-refractivity contribution in [2.75, 3.05) is 30.6 Å². The van der Waals surface area contributed by atoms with Gasteiger partial charge in [-0.05, 0) is 30.6 Å². The van der Waals surface area contributed by atoms with E-state index in [1.165, 1.54) is 0 Å². The predicted molar refractivity (Wildman–Crippen MR) is 84.8 cm³/mol. The molecule has 0 aliphatic carbocycles. The Morgan fingerprint density at radius 3 is 2.95 bits per heavy atom. The van der Waals surface area contributed by atoms with Crippen molar-refractivity contribution in [3.05, 3.63) is 24.3 Å². The molecule has 0 aliphatic heterocycles. The van der Waals surface area contributed by atoms with Crippen molar-refractivity contribution in [3.8, 4) is 5.75 Å². The van der Waals surface area contributed by atoms with Gasteiger partial charge in [0.25, 0.3) is 0 Å². The van der Waals surface area contributed by atoms with Gasteiger partial charge in [0.05, 0.1) is 6.04 Å². The van der Waals surface area contributed by atoms with Crippen LogP contribution in [0.15, 0.2) is 24.3 Å². The van der Waals surface area contributed by atoms with Crippen LogP contribution in [0.3, 0.4) is 0 Å². The Morgan fingerprint density at radius 1 is 1.55 bits per heavy atom. The van der Waals surface area contributed by atoms with Gasteiger partial charge < -0.3 is 15.8 Å². The third-order valence-electron chi connectivity index (χ3n) is 2.42. The Labute approximate surface area is 129 Å². The molecule has 0 fully saturated rings. The van der Waals surface area contributed by atoms with Crippen LogP contribution < -0.4 is 15.8 Å². The SMILES string of the molecule is CSCC[C@H](N)C(=O)Nc1cccc(OCCF)c1.Cl. The van der Waals surface area contributed by atoms with Gasteiger partial charge in [-0.2, -0.15) is 11.8 Å². The minimum absolute atomic E-state index is 0. The van der Waals surface area contributed by atoms with E-state index >= 15 is 0 Å². The number of amides is 1. The number of carbonyl (C=O) groups excluding carboxylic acids is 1. The first-order valence-electron chi connectivity index (χ1n) is 6.01. The summed E-state index contributed by atoms with van der Waals surface area (Å²) in [6.07, 6.45) is 2.60. The number of anilines is 1. The van der Waals surface area contributed by atoms with E-state index in [2.05, 4.69) is 5.32 Å². The number of halogens is 2. The molecule has 0 bridgehead atoms. The van der Waals surface area contributed by atoms with Gasteiger partial charge in [0.15, 0.2) is 0 Å². The molecule has 20 heavy (non-hydrogen) atoms. The number of ether oxygens (including phenoxy) is 1. The third kappa shape index (κ3) is 6.98. The topological polar surface area (TPSA) is 64.4 Å². The van der Waals surface area contributed by atoms with Crippen LogP contribution in [-0.4, -0.2) is 37.2 Å². The van der Waals surface area contributed by atoms with Crippen LogP contribution >= 0.6 is 24.2 Å². The number of benzene rings is 1. The second-order valence-electron chi connectivity index (χ2n) is 3.94. The molecule has 0 saturated carbocycles. The van der Waals surface area contributed by atoms with Gasteiger partial charge in [0.2, 0.25) is 5.91 Å². The van der Waals surface area contributed by atoms with Crippen molar-refractivity contribution in [3.63, 3.8) is 0 Å². The van der Waals surface area contributed by atoms with Crippen molar-refractivity contribution >= 4 is 35.8 Å². The van der Waals surface area contributed by atoms with Crippen LogP contribution in [0.2, 0.25) is 0 Å². The fourth-order valence-corrected chi connectivity index (χ4v) is 1.92. The zero-order valence-corrected chi connectivity index (χ0v) is 12.9. The zero-order valence-electron chi connectivity index (χ0n) is 11.3. The molecule has 114 valence electrons. The smallest absolute Gasteiger partial charge is 0.241 e. The van der Waals surface area contributed by atoms with Gasteiger partial charge in [-0.3, -0.25) is 4.79 Å². The number of thioether (sulfide) groups is 1. The van der Waals surface area contributed by atoms with E-state index in [1.54, 1.807) is 36.0 Å². The highest BCUT2D eigenvalue weighted by molar-refractivity contribution is 7.98. The lowest BCUT2D eigenvalue weighted by Crippen LogP contribution is -2.36. The number of hydrogen-bond acceptors (Lipinski definition) is 4. The summed E-state index contributed by atoms with van der Waals surface area (Å²) in [7, 11) is 0. The van der Waals surface area contributed by atoms with Crippen LogP contribution in [-0.2, 0) is 4.79 Å². The summed E-state index contributed by atoms with van der Waals surface area (Å²) in [5, 5.41) is 2.72. The van der Waals surface area contributed by atoms with Gasteiger partial charge in [-0.25, -0.2) is 4.39 Å². The maximum Gasteiger partial charge on any atom is 0.241 e. The van der Waals surface area contributed by atoms with Crippen molar-refractivity contribution < 1.29 is 13.9 Å². The Kier molecular flexibility index (Phi) is 10.2. The summed E-state index contributed by atoms with van der Waals surface area (Å²) in [5.41, 5.74) is 6.36. The molecule has 0 heterocycles. The van der Waals surface area contributed by atoms with Crippen molar-refractivity contribution in [1.82, 2.24) is 0 Å². The molecule has 7 heteroatoms. The lowest BCUT2D eigenvalue weighted by atomic mass is 10.2. The first kappa shape index (κ1) is 19.0. The van der Waals surface area contributed by atoms with Crippen LogP contribution in [0.25, 0.3) is 0 Å². The molecule has 1 amide bonds. The first-order chi connectivity index (χ1) is 9.17. The van der Waals surface area contributed by atoms with Crippen LogP contribution in [0.5, 0.6) is 5.75 Å². The average molecular weight is 323 g/mol. The number of rotatable bonds is 8.